The van der Waals surface area contributed by atoms with E-state index in [0.717, 1.165) is 12.3 Å². The summed E-state index contributed by atoms with van der Waals surface area (Å²) in [6.07, 6.45) is -3.27. The van der Waals surface area contributed by atoms with Crippen LogP contribution in [0.2, 0.25) is 5.02 Å². The fourth-order valence-corrected chi connectivity index (χ4v) is 3.62. The van der Waals surface area contributed by atoms with Gasteiger partial charge >= 0.3 is 6.18 Å². The number of nitrogens with two attached hydrogens (primary N) is 1. The van der Waals surface area contributed by atoms with E-state index in [9.17, 15) is 18.0 Å². The SMILES string of the molecule is NC(=O)[C@]12CCOC[C@H]1CN(c1ncc(C(F)(F)F)cc1Cl)C2. The fourth-order valence-electron chi connectivity index (χ4n) is 3.33. The average Bonchev–Trinajstić information content (AvgIpc) is 2.86. The van der Waals surface area contributed by atoms with Gasteiger partial charge in [-0.2, -0.15) is 13.2 Å². The molecule has 0 aliphatic carbocycles. The number of hydrogen-bond donors (Lipinski definition) is 1. The highest BCUT2D eigenvalue weighted by Crippen LogP contribution is 2.44. The van der Waals surface area contributed by atoms with Crippen LogP contribution in [0, 0.1) is 11.3 Å². The van der Waals surface area contributed by atoms with Crippen LogP contribution in [-0.4, -0.2) is 37.2 Å². The monoisotopic (exact) mass is 349 g/mol. The van der Waals surface area contributed by atoms with Crippen LogP contribution >= 0.6 is 11.6 Å². The zero-order chi connectivity index (χ0) is 16.8. The van der Waals surface area contributed by atoms with E-state index in [-0.39, 0.29) is 23.3 Å². The predicted molar refractivity (Wildman–Crippen MR) is 77.0 cm³/mol. The van der Waals surface area contributed by atoms with Crippen LogP contribution in [0.5, 0.6) is 0 Å². The van der Waals surface area contributed by atoms with Crippen LogP contribution in [-0.2, 0) is 15.7 Å². The first-order chi connectivity index (χ1) is 10.7. The van der Waals surface area contributed by atoms with Crippen molar-refractivity contribution in [3.8, 4) is 0 Å². The molecule has 9 heteroatoms. The number of ether oxygens (including phenoxy) is 1. The number of halogens is 4. The van der Waals surface area contributed by atoms with Gasteiger partial charge in [-0.3, -0.25) is 4.79 Å². The van der Waals surface area contributed by atoms with Gasteiger partial charge in [0.15, 0.2) is 0 Å². The first-order valence-corrected chi connectivity index (χ1v) is 7.47. The lowest BCUT2D eigenvalue weighted by molar-refractivity contribution is -0.138. The van der Waals surface area contributed by atoms with Gasteiger partial charge in [0, 0.05) is 31.8 Å². The summed E-state index contributed by atoms with van der Waals surface area (Å²) in [5, 5.41) is -0.0981. The van der Waals surface area contributed by atoms with Crippen molar-refractivity contribution in [1.29, 1.82) is 0 Å². The molecule has 1 amide bonds. The third-order valence-corrected chi connectivity index (χ3v) is 4.92. The molecule has 0 bridgehead atoms. The van der Waals surface area contributed by atoms with E-state index in [1.807, 2.05) is 0 Å². The van der Waals surface area contributed by atoms with E-state index in [1.165, 1.54) is 0 Å². The van der Waals surface area contributed by atoms with Crippen molar-refractivity contribution in [2.75, 3.05) is 31.2 Å². The van der Waals surface area contributed by atoms with Crippen LogP contribution in [0.4, 0.5) is 19.0 Å². The van der Waals surface area contributed by atoms with Crippen molar-refractivity contribution < 1.29 is 22.7 Å². The number of alkyl halides is 3. The van der Waals surface area contributed by atoms with Gasteiger partial charge in [0.05, 0.1) is 22.6 Å². The van der Waals surface area contributed by atoms with Crippen molar-refractivity contribution in [3.63, 3.8) is 0 Å². The number of primary amides is 1. The van der Waals surface area contributed by atoms with Crippen molar-refractivity contribution in [1.82, 2.24) is 4.98 Å². The molecule has 3 rings (SSSR count). The van der Waals surface area contributed by atoms with Gasteiger partial charge in [0.2, 0.25) is 5.91 Å². The van der Waals surface area contributed by atoms with Crippen LogP contribution in [0.15, 0.2) is 12.3 Å². The Morgan fingerprint density at radius 1 is 1.52 bits per heavy atom. The third-order valence-electron chi connectivity index (χ3n) is 4.65. The average molecular weight is 350 g/mol. The first-order valence-electron chi connectivity index (χ1n) is 7.09. The second kappa shape index (κ2) is 5.52. The van der Waals surface area contributed by atoms with Crippen LogP contribution < -0.4 is 10.6 Å². The molecule has 126 valence electrons. The molecule has 3 heterocycles. The number of anilines is 1. The molecule has 2 N–H and O–H groups in total. The van der Waals surface area contributed by atoms with Crippen LogP contribution in [0.1, 0.15) is 12.0 Å². The minimum Gasteiger partial charge on any atom is -0.381 e. The Balaban J connectivity index is 1.90. The Kier molecular flexibility index (Phi) is 3.92. The van der Waals surface area contributed by atoms with E-state index >= 15 is 0 Å². The molecule has 2 aliphatic rings. The number of nitrogens with zero attached hydrogens (tertiary/aromatic N) is 2. The van der Waals surface area contributed by atoms with Gasteiger partial charge in [-0.25, -0.2) is 4.98 Å². The van der Waals surface area contributed by atoms with E-state index in [1.54, 1.807) is 4.90 Å². The topological polar surface area (TPSA) is 68.5 Å². The summed E-state index contributed by atoms with van der Waals surface area (Å²) >= 11 is 5.99. The summed E-state index contributed by atoms with van der Waals surface area (Å²) in [6, 6.07) is 0.847. The number of pyridine rings is 1. The lowest BCUT2D eigenvalue weighted by Crippen LogP contribution is -2.48. The molecule has 0 radical (unpaired) electrons. The highest BCUT2D eigenvalue weighted by Gasteiger charge is 2.53. The number of rotatable bonds is 2. The zero-order valence-electron chi connectivity index (χ0n) is 12.1. The molecule has 5 nitrogen and oxygen atoms in total. The van der Waals surface area contributed by atoms with Gasteiger partial charge in [-0.1, -0.05) is 11.6 Å². The smallest absolute Gasteiger partial charge is 0.381 e. The molecule has 2 fully saturated rings. The number of aromatic nitrogens is 1. The van der Waals surface area contributed by atoms with E-state index in [2.05, 4.69) is 4.98 Å². The molecule has 1 aromatic heterocycles. The number of carbonyl (C=O) groups excluding carboxylic acids is 1. The Morgan fingerprint density at radius 2 is 2.26 bits per heavy atom. The molecule has 0 spiro atoms. The van der Waals surface area contributed by atoms with Crippen LogP contribution in [0.25, 0.3) is 0 Å². The summed E-state index contributed by atoms with van der Waals surface area (Å²) in [6.45, 7) is 1.52. The minimum atomic E-state index is -4.50. The maximum absolute atomic E-state index is 12.7. The fraction of sp³-hybridized carbons (Fsp3) is 0.571. The van der Waals surface area contributed by atoms with Crippen molar-refractivity contribution in [2.45, 2.75) is 12.6 Å². The molecule has 0 saturated carbocycles. The molecule has 2 aliphatic heterocycles. The Morgan fingerprint density at radius 3 is 2.83 bits per heavy atom. The van der Waals surface area contributed by atoms with Crippen molar-refractivity contribution in [3.05, 3.63) is 22.8 Å². The van der Waals surface area contributed by atoms with Gasteiger partial charge in [-0.15, -0.1) is 0 Å². The molecule has 2 saturated heterocycles. The quantitative estimate of drug-likeness (QED) is 0.887. The normalized spacial score (nSPS) is 27.8. The molecule has 0 unspecified atom stereocenters. The minimum absolute atomic E-state index is 0.0981. The Bertz CT molecular complexity index is 640. The maximum Gasteiger partial charge on any atom is 0.417 e. The summed E-state index contributed by atoms with van der Waals surface area (Å²) in [4.78, 5) is 17.5. The van der Waals surface area contributed by atoms with Gasteiger partial charge in [0.25, 0.3) is 0 Å². The first kappa shape index (κ1) is 16.3. The predicted octanol–water partition coefficient (Wildman–Crippen LogP) is 2.08. The second-order valence-corrected chi connectivity index (χ2v) is 6.36. The third kappa shape index (κ3) is 2.74. The van der Waals surface area contributed by atoms with Crippen molar-refractivity contribution in [2.24, 2.45) is 17.1 Å². The summed E-state index contributed by atoms with van der Waals surface area (Å²) < 4.78 is 43.5. The van der Waals surface area contributed by atoms with Gasteiger partial charge in [-0.05, 0) is 12.5 Å². The molecule has 2 atom stereocenters. The molecule has 1 aromatic rings. The number of hydrogen-bond acceptors (Lipinski definition) is 4. The van der Waals surface area contributed by atoms with E-state index < -0.39 is 23.1 Å². The maximum atomic E-state index is 12.7. The molecular weight excluding hydrogens is 335 g/mol. The van der Waals surface area contributed by atoms with E-state index in [4.69, 9.17) is 22.1 Å². The summed E-state index contributed by atoms with van der Waals surface area (Å²) in [5.74, 6) is -0.306. The molecule has 23 heavy (non-hydrogen) atoms. The molecular formula is C14H15ClF3N3O2. The highest BCUT2D eigenvalue weighted by atomic mass is 35.5. The second-order valence-electron chi connectivity index (χ2n) is 5.95. The van der Waals surface area contributed by atoms with Gasteiger partial charge in [0.1, 0.15) is 5.82 Å². The summed E-state index contributed by atoms with van der Waals surface area (Å²) in [7, 11) is 0. The van der Waals surface area contributed by atoms with E-state index in [0.29, 0.717) is 26.2 Å². The standard InChI is InChI=1S/C14H15ClF3N3O2/c15-10-3-8(14(16,17)18)4-20-11(10)21-5-9-6-23-2-1-13(9,7-21)12(19)22/h3-4,9H,1-2,5-7H2,(H2,19,22)/t9-,13+/m1/s1. The molecule has 0 aromatic carbocycles. The van der Waals surface area contributed by atoms with Crippen molar-refractivity contribution >= 4 is 23.3 Å². The largest absolute Gasteiger partial charge is 0.417 e. The van der Waals surface area contributed by atoms with Gasteiger partial charge < -0.3 is 15.4 Å². The zero-order valence-corrected chi connectivity index (χ0v) is 12.8. The number of amides is 1. The lowest BCUT2D eigenvalue weighted by Gasteiger charge is -2.35. The summed E-state index contributed by atoms with van der Waals surface area (Å²) in [5.41, 5.74) is 3.93. The number of fused-ring (bicyclic) bond motifs is 1. The Labute approximate surface area is 135 Å². The number of carbonyl (C=O) groups is 1. The van der Waals surface area contributed by atoms with Crippen LogP contribution in [0.3, 0.4) is 0 Å². The Hall–Kier alpha value is -1.54. The lowest BCUT2D eigenvalue weighted by atomic mass is 9.74. The highest BCUT2D eigenvalue weighted by molar-refractivity contribution is 6.33.